The number of benzene rings is 1. The maximum atomic E-state index is 12.2. The monoisotopic (exact) mass is 334 g/mol. The van der Waals surface area contributed by atoms with E-state index in [9.17, 15) is 13.2 Å². The highest BCUT2D eigenvalue weighted by Crippen LogP contribution is 2.37. The van der Waals surface area contributed by atoms with Crippen molar-refractivity contribution in [2.45, 2.75) is 11.1 Å². The summed E-state index contributed by atoms with van der Waals surface area (Å²) in [5, 5.41) is 0. The van der Waals surface area contributed by atoms with Crippen molar-refractivity contribution >= 4 is 44.5 Å². The molecule has 0 saturated carbocycles. The Hall–Kier alpha value is 0.320. The Morgan fingerprint density at radius 3 is 1.77 bits per heavy atom. The summed E-state index contributed by atoms with van der Waals surface area (Å²) in [4.78, 5) is 0.452. The standard InChI is InChI=1S/C7H3Br2F3S/c8-4-1-3(7(10,11)12)2-5(9)6(4)13/h1-2,13H. The Morgan fingerprint density at radius 2 is 1.46 bits per heavy atom. The van der Waals surface area contributed by atoms with Gasteiger partial charge in [-0.05, 0) is 44.0 Å². The van der Waals surface area contributed by atoms with Crippen LogP contribution < -0.4 is 0 Å². The minimum absolute atomic E-state index is 0.317. The summed E-state index contributed by atoms with van der Waals surface area (Å²) < 4.78 is 37.3. The summed E-state index contributed by atoms with van der Waals surface area (Å²) in [6.07, 6.45) is -4.33. The van der Waals surface area contributed by atoms with Crippen molar-refractivity contribution < 1.29 is 13.2 Å². The normalized spacial score (nSPS) is 11.8. The third-order valence-electron chi connectivity index (χ3n) is 1.34. The lowest BCUT2D eigenvalue weighted by Crippen LogP contribution is -2.04. The lowest BCUT2D eigenvalue weighted by Gasteiger charge is -2.09. The molecule has 0 amide bonds. The maximum Gasteiger partial charge on any atom is 0.416 e. The maximum absolute atomic E-state index is 12.2. The van der Waals surface area contributed by atoms with Gasteiger partial charge >= 0.3 is 6.18 Å². The van der Waals surface area contributed by atoms with Gasteiger partial charge in [0.15, 0.2) is 0 Å². The van der Waals surface area contributed by atoms with Gasteiger partial charge in [0.25, 0.3) is 0 Å². The summed E-state index contributed by atoms with van der Waals surface area (Å²) in [7, 11) is 0. The molecule has 0 saturated heterocycles. The zero-order valence-electron chi connectivity index (χ0n) is 5.99. The molecule has 1 aromatic rings. The molecule has 0 aromatic heterocycles. The number of halogens is 5. The fourth-order valence-electron chi connectivity index (χ4n) is 0.729. The van der Waals surface area contributed by atoms with E-state index in [2.05, 4.69) is 44.5 Å². The van der Waals surface area contributed by atoms with E-state index in [1.54, 1.807) is 0 Å². The zero-order chi connectivity index (χ0) is 10.2. The van der Waals surface area contributed by atoms with Crippen LogP contribution in [-0.2, 0) is 6.18 Å². The predicted octanol–water partition coefficient (Wildman–Crippen LogP) is 4.52. The number of alkyl halides is 3. The van der Waals surface area contributed by atoms with Crippen molar-refractivity contribution in [3.8, 4) is 0 Å². The van der Waals surface area contributed by atoms with E-state index >= 15 is 0 Å². The second kappa shape index (κ2) is 3.82. The van der Waals surface area contributed by atoms with E-state index in [4.69, 9.17) is 0 Å². The first-order valence-corrected chi connectivity index (χ1v) is 5.11. The van der Waals surface area contributed by atoms with Crippen molar-refractivity contribution in [2.75, 3.05) is 0 Å². The molecule has 1 rings (SSSR count). The van der Waals surface area contributed by atoms with Crippen LogP contribution in [0.1, 0.15) is 5.56 Å². The number of thiol groups is 1. The SMILES string of the molecule is FC(F)(F)c1cc(Br)c(S)c(Br)c1. The molecule has 0 spiro atoms. The van der Waals surface area contributed by atoms with Crippen LogP contribution in [0.5, 0.6) is 0 Å². The molecule has 0 bridgehead atoms. The molecule has 0 aliphatic heterocycles. The van der Waals surface area contributed by atoms with Gasteiger partial charge in [-0.3, -0.25) is 0 Å². The van der Waals surface area contributed by atoms with Crippen LogP contribution >= 0.6 is 44.5 Å². The average molecular weight is 336 g/mol. The van der Waals surface area contributed by atoms with Crippen molar-refractivity contribution in [3.63, 3.8) is 0 Å². The molecule has 72 valence electrons. The zero-order valence-corrected chi connectivity index (χ0v) is 10.1. The Balaban J connectivity index is 3.29. The molecule has 13 heavy (non-hydrogen) atoms. The van der Waals surface area contributed by atoms with Crippen molar-refractivity contribution in [1.29, 1.82) is 0 Å². The molecule has 0 unspecified atom stereocenters. The fraction of sp³-hybridized carbons (Fsp3) is 0.143. The molecular weight excluding hydrogens is 333 g/mol. The molecule has 0 atom stereocenters. The van der Waals surface area contributed by atoms with E-state index in [1.807, 2.05) is 0 Å². The van der Waals surface area contributed by atoms with Gasteiger partial charge in [0.05, 0.1) is 5.56 Å². The highest BCUT2D eigenvalue weighted by molar-refractivity contribution is 9.11. The minimum Gasteiger partial charge on any atom is -0.166 e. The van der Waals surface area contributed by atoms with E-state index in [0.29, 0.717) is 13.8 Å². The highest BCUT2D eigenvalue weighted by atomic mass is 79.9. The number of hydrogen-bond acceptors (Lipinski definition) is 1. The average Bonchev–Trinajstić information content (AvgIpc) is 1.97. The summed E-state index contributed by atoms with van der Waals surface area (Å²) >= 11 is 9.96. The topological polar surface area (TPSA) is 0 Å². The lowest BCUT2D eigenvalue weighted by atomic mass is 10.2. The van der Waals surface area contributed by atoms with E-state index in [-0.39, 0.29) is 0 Å². The van der Waals surface area contributed by atoms with Crippen LogP contribution in [0.3, 0.4) is 0 Å². The van der Waals surface area contributed by atoms with Gasteiger partial charge in [-0.1, -0.05) is 0 Å². The molecule has 0 aliphatic rings. The Morgan fingerprint density at radius 1 is 1.08 bits per heavy atom. The van der Waals surface area contributed by atoms with Gasteiger partial charge in [0.2, 0.25) is 0 Å². The molecule has 0 N–H and O–H groups in total. The van der Waals surface area contributed by atoms with Gasteiger partial charge in [0.1, 0.15) is 0 Å². The first-order valence-electron chi connectivity index (χ1n) is 3.07. The number of rotatable bonds is 0. The largest absolute Gasteiger partial charge is 0.416 e. The summed E-state index contributed by atoms with van der Waals surface area (Å²) in [5.41, 5.74) is -0.705. The number of hydrogen-bond donors (Lipinski definition) is 1. The first-order chi connectivity index (χ1) is 5.82. The van der Waals surface area contributed by atoms with Gasteiger partial charge in [-0.25, -0.2) is 0 Å². The van der Waals surface area contributed by atoms with Gasteiger partial charge in [-0.15, -0.1) is 12.6 Å². The van der Waals surface area contributed by atoms with Crippen LogP contribution in [0.2, 0.25) is 0 Å². The van der Waals surface area contributed by atoms with E-state index in [1.165, 1.54) is 0 Å². The summed E-state index contributed by atoms with van der Waals surface area (Å²) in [5.74, 6) is 0. The molecule has 0 radical (unpaired) electrons. The molecule has 6 heteroatoms. The van der Waals surface area contributed by atoms with Crippen LogP contribution in [0.15, 0.2) is 26.0 Å². The van der Waals surface area contributed by atoms with Crippen molar-refractivity contribution in [1.82, 2.24) is 0 Å². The minimum atomic E-state index is -4.33. The smallest absolute Gasteiger partial charge is 0.166 e. The third-order valence-corrected chi connectivity index (χ3v) is 3.69. The molecule has 0 aliphatic carbocycles. The van der Waals surface area contributed by atoms with Gasteiger partial charge < -0.3 is 0 Å². The molecule has 0 heterocycles. The third kappa shape index (κ3) is 2.63. The quantitative estimate of drug-likeness (QED) is 0.662. The van der Waals surface area contributed by atoms with E-state index in [0.717, 1.165) is 12.1 Å². The lowest BCUT2D eigenvalue weighted by molar-refractivity contribution is -0.137. The van der Waals surface area contributed by atoms with E-state index < -0.39 is 11.7 Å². The second-order valence-electron chi connectivity index (χ2n) is 2.29. The van der Waals surface area contributed by atoms with Gasteiger partial charge in [-0.2, -0.15) is 13.2 Å². The Bertz CT molecular complexity index is 312. The van der Waals surface area contributed by atoms with Crippen LogP contribution in [0, 0.1) is 0 Å². The van der Waals surface area contributed by atoms with Crippen LogP contribution in [0.4, 0.5) is 13.2 Å². The molecule has 0 nitrogen and oxygen atoms in total. The first kappa shape index (κ1) is 11.4. The van der Waals surface area contributed by atoms with Crippen LogP contribution in [0.25, 0.3) is 0 Å². The Labute approximate surface area is 95.2 Å². The Kier molecular flexibility index (Phi) is 3.35. The van der Waals surface area contributed by atoms with Crippen molar-refractivity contribution in [3.05, 3.63) is 26.6 Å². The summed E-state index contributed by atoms with van der Waals surface area (Å²) in [6, 6.07) is 1.99. The molecular formula is C7H3Br2F3S. The fourth-order valence-corrected chi connectivity index (χ4v) is 2.04. The van der Waals surface area contributed by atoms with Crippen LogP contribution in [-0.4, -0.2) is 0 Å². The van der Waals surface area contributed by atoms with Gasteiger partial charge in [0, 0.05) is 13.8 Å². The predicted molar refractivity (Wildman–Crippen MR) is 54.1 cm³/mol. The molecule has 1 aromatic carbocycles. The molecule has 0 fully saturated rings. The van der Waals surface area contributed by atoms with Crippen molar-refractivity contribution in [2.24, 2.45) is 0 Å². The second-order valence-corrected chi connectivity index (χ2v) is 4.44. The summed E-state index contributed by atoms with van der Waals surface area (Å²) in [6.45, 7) is 0. The highest BCUT2D eigenvalue weighted by Gasteiger charge is 2.31.